The van der Waals surface area contributed by atoms with Crippen LogP contribution >= 0.6 is 22.7 Å². The van der Waals surface area contributed by atoms with Gasteiger partial charge in [0.15, 0.2) is 11.5 Å². The summed E-state index contributed by atoms with van der Waals surface area (Å²) in [6.07, 6.45) is 17.8. The third-order valence-electron chi connectivity index (χ3n) is 5.32. The van der Waals surface area contributed by atoms with Crippen LogP contribution in [-0.2, 0) is 0 Å². The van der Waals surface area contributed by atoms with Gasteiger partial charge in [0.1, 0.15) is 13.2 Å². The molecule has 0 unspecified atom stereocenters. The van der Waals surface area contributed by atoms with Crippen molar-refractivity contribution in [2.24, 2.45) is 0 Å². The first-order valence-corrected chi connectivity index (χ1v) is 16.6. The van der Waals surface area contributed by atoms with E-state index in [-0.39, 0.29) is 0 Å². The Morgan fingerprint density at radius 3 is 1.52 bits per heavy atom. The zero-order valence-electron chi connectivity index (χ0n) is 20.1. The zero-order chi connectivity index (χ0) is 22.2. The van der Waals surface area contributed by atoms with Gasteiger partial charge in [0.2, 0.25) is 0 Å². The fourth-order valence-electron chi connectivity index (χ4n) is 3.46. The lowest BCUT2D eigenvalue weighted by Gasteiger charge is -2.13. The second-order valence-corrected chi connectivity index (χ2v) is 11.9. The molecule has 31 heavy (non-hydrogen) atoms. The maximum Gasteiger partial charge on any atom is 0.172 e. The molecule has 0 N–H and O–H groups in total. The molecule has 2 aromatic rings. The molecule has 2 nitrogen and oxygen atoms in total. The Labute approximate surface area is 202 Å². The summed E-state index contributed by atoms with van der Waals surface area (Å²) in [6.45, 7) is 5.97. The molecule has 5 heteroatoms. The summed E-state index contributed by atoms with van der Waals surface area (Å²) in [4.78, 5) is 0. The molecule has 0 atom stereocenters. The van der Waals surface area contributed by atoms with E-state index in [1.165, 1.54) is 64.2 Å². The van der Waals surface area contributed by atoms with E-state index >= 15 is 0 Å². The Bertz CT molecular complexity index is 520. The van der Waals surface area contributed by atoms with Crippen molar-refractivity contribution in [3.63, 3.8) is 0 Å². The first-order valence-electron chi connectivity index (χ1n) is 12.7. The van der Waals surface area contributed by atoms with Crippen molar-refractivity contribution < 1.29 is 9.47 Å². The molecule has 0 saturated heterocycles. The Kier molecular flexibility index (Phi) is 20.4. The van der Waals surface area contributed by atoms with Crippen LogP contribution in [0.25, 0.3) is 0 Å². The minimum Gasteiger partial charge on any atom is -0.485 e. The van der Waals surface area contributed by atoms with E-state index in [4.69, 9.17) is 9.47 Å². The minimum atomic E-state index is 0.332. The number of unbranched alkanes of at least 4 members (excludes halogenated alkanes) is 10. The van der Waals surface area contributed by atoms with Gasteiger partial charge in [0.05, 0.1) is 0 Å². The molecule has 0 radical (unpaired) electrons. The molecule has 0 bridgehead atoms. The van der Waals surface area contributed by atoms with Gasteiger partial charge in [-0.3, -0.25) is 0 Å². The molecule has 0 fully saturated rings. The Hall–Kier alpha value is -0.783. The average Bonchev–Trinajstić information content (AvgIpc) is 3.52. The summed E-state index contributed by atoms with van der Waals surface area (Å²) < 4.78 is 10.5. The number of fused-ring (bicyclic) bond motifs is 1. The number of ether oxygens (including phenoxy) is 2. The highest BCUT2D eigenvalue weighted by molar-refractivity contribution is 7.08. The van der Waals surface area contributed by atoms with Crippen molar-refractivity contribution >= 4 is 32.2 Å². The fourth-order valence-corrected chi connectivity index (χ4v) is 6.36. The fraction of sp³-hybridized carbons (Fsp3) is 0.692. The monoisotopic (exact) mass is 482 g/mol. The van der Waals surface area contributed by atoms with E-state index < -0.39 is 0 Å². The van der Waals surface area contributed by atoms with Gasteiger partial charge in [-0.25, -0.2) is 0 Å². The van der Waals surface area contributed by atoms with E-state index in [9.17, 15) is 0 Å². The normalized spacial score (nSPS) is 11.8. The number of rotatable bonds is 14. The second-order valence-electron chi connectivity index (χ2n) is 8.19. The first kappa shape index (κ1) is 28.2. The molecular weight excluding hydrogens is 437 g/mol. The van der Waals surface area contributed by atoms with Crippen molar-refractivity contribution in [1.82, 2.24) is 0 Å². The Morgan fingerprint density at radius 1 is 0.645 bits per heavy atom. The van der Waals surface area contributed by atoms with Crippen molar-refractivity contribution in [1.29, 1.82) is 0 Å². The van der Waals surface area contributed by atoms with Gasteiger partial charge in [0, 0.05) is 20.3 Å². The summed E-state index contributed by atoms with van der Waals surface area (Å²) in [7, 11) is 0.332. The molecule has 0 spiro atoms. The summed E-state index contributed by atoms with van der Waals surface area (Å²) in [6, 6.07) is 7.29. The van der Waals surface area contributed by atoms with Crippen LogP contribution in [0.1, 0.15) is 90.9 Å². The van der Waals surface area contributed by atoms with Gasteiger partial charge in [-0.2, -0.15) is 11.3 Å². The van der Waals surface area contributed by atoms with Crippen LogP contribution in [0.5, 0.6) is 11.5 Å². The van der Waals surface area contributed by atoms with E-state index in [1.807, 2.05) is 33.7 Å². The lowest BCUT2D eigenvalue weighted by Crippen LogP contribution is -2.13. The van der Waals surface area contributed by atoms with E-state index in [2.05, 4.69) is 13.8 Å². The molecule has 0 aromatic carbocycles. The lowest BCUT2D eigenvalue weighted by atomic mass is 10.1. The Balaban J connectivity index is 0.000000277. The third-order valence-corrected chi connectivity index (χ3v) is 8.65. The number of hydrogen-bond acceptors (Lipinski definition) is 4. The summed E-state index contributed by atoms with van der Waals surface area (Å²) in [5, 5.41) is 7.99. The highest BCUT2D eigenvalue weighted by Gasteiger charge is 2.10. The van der Waals surface area contributed by atoms with Crippen molar-refractivity contribution in [3.8, 4) is 11.5 Å². The summed E-state index contributed by atoms with van der Waals surface area (Å²) in [5.74, 6) is 1.79. The van der Waals surface area contributed by atoms with Crippen LogP contribution in [0.2, 0.25) is 12.1 Å². The first-order chi connectivity index (χ1) is 15.4. The molecule has 0 aliphatic carbocycles. The lowest BCUT2D eigenvalue weighted by molar-refractivity contribution is 0.173. The highest BCUT2D eigenvalue weighted by atomic mass is 32.1. The molecule has 3 heterocycles. The van der Waals surface area contributed by atoms with Crippen molar-refractivity contribution in [2.75, 3.05) is 13.2 Å². The quantitative estimate of drug-likeness (QED) is 0.197. The SMILES string of the molecule is CCCCCCCC[SiH2]CCCCCCCC.c1ccsc1.c1scc2c1OCCO2. The van der Waals surface area contributed by atoms with Gasteiger partial charge in [0.25, 0.3) is 0 Å². The van der Waals surface area contributed by atoms with Gasteiger partial charge >= 0.3 is 0 Å². The third kappa shape index (κ3) is 17.5. The van der Waals surface area contributed by atoms with E-state index in [0.717, 1.165) is 11.5 Å². The van der Waals surface area contributed by atoms with Crippen molar-refractivity contribution in [3.05, 3.63) is 33.7 Å². The van der Waals surface area contributed by atoms with Gasteiger partial charge in [-0.15, -0.1) is 11.3 Å². The van der Waals surface area contributed by atoms with Crippen LogP contribution in [0.15, 0.2) is 33.7 Å². The average molecular weight is 483 g/mol. The summed E-state index contributed by atoms with van der Waals surface area (Å²) >= 11 is 3.32. The molecule has 0 amide bonds. The Morgan fingerprint density at radius 2 is 1.10 bits per heavy atom. The molecule has 3 rings (SSSR count). The highest BCUT2D eigenvalue weighted by Crippen LogP contribution is 2.33. The van der Waals surface area contributed by atoms with E-state index in [0.29, 0.717) is 22.7 Å². The van der Waals surface area contributed by atoms with Crippen LogP contribution in [0, 0.1) is 0 Å². The minimum absolute atomic E-state index is 0.332. The molecule has 1 aliphatic rings. The maximum absolute atomic E-state index is 5.25. The van der Waals surface area contributed by atoms with Crippen LogP contribution in [-0.4, -0.2) is 22.7 Å². The molecule has 178 valence electrons. The van der Waals surface area contributed by atoms with Crippen LogP contribution in [0.4, 0.5) is 0 Å². The number of hydrogen-bond donors (Lipinski definition) is 0. The van der Waals surface area contributed by atoms with Crippen molar-refractivity contribution in [2.45, 2.75) is 103 Å². The van der Waals surface area contributed by atoms with Gasteiger partial charge in [-0.1, -0.05) is 115 Å². The molecule has 0 saturated carbocycles. The van der Waals surface area contributed by atoms with Gasteiger partial charge < -0.3 is 9.47 Å². The van der Waals surface area contributed by atoms with E-state index in [1.54, 1.807) is 47.6 Å². The predicted octanol–water partition coefficient (Wildman–Crippen LogP) is 8.98. The van der Waals surface area contributed by atoms with Crippen LogP contribution in [0.3, 0.4) is 0 Å². The predicted molar refractivity (Wildman–Crippen MR) is 145 cm³/mol. The maximum atomic E-state index is 5.25. The molecular formula is C26H46O2S2Si. The molecule has 2 aromatic heterocycles. The van der Waals surface area contributed by atoms with Crippen LogP contribution < -0.4 is 9.47 Å². The zero-order valence-corrected chi connectivity index (χ0v) is 23.2. The summed E-state index contributed by atoms with van der Waals surface area (Å²) in [5.41, 5.74) is 0. The molecule has 1 aliphatic heterocycles. The smallest absolute Gasteiger partial charge is 0.172 e. The van der Waals surface area contributed by atoms with Gasteiger partial charge in [-0.05, 0) is 10.8 Å². The largest absolute Gasteiger partial charge is 0.485 e. The topological polar surface area (TPSA) is 18.5 Å². The second kappa shape index (κ2) is 22.4. The number of thiophene rings is 2. The standard InChI is InChI=1S/C16H36Si.C6H6O2S.C4H4S/c1-3-5-7-9-11-13-15-17-16-14-12-10-8-6-4-2;1-2-8-6-4-9-3-5(6)7-1;1-2-4-5-3-1/h3-17H2,1-2H3;3-4H,1-2H2;1-4H.